The number of aryl methyl sites for hydroxylation is 3. The number of nitrogens with zero attached hydrogens (tertiary/aromatic N) is 1. The fourth-order valence-corrected chi connectivity index (χ4v) is 3.23. The molecule has 0 saturated carbocycles. The average molecular weight is 391 g/mol. The first-order valence-corrected chi connectivity index (χ1v) is 9.25. The standard InChI is InChI=1S/C23H25N3O3/c1-14-10-15(2)22(16(3)11-14)26-21-9-7-18(13-24-21)25-23(27)17-6-8-19(28-4)20(12-17)29-5/h6-13H,1-5H3,(H,24,26)(H,25,27). The molecule has 0 aliphatic rings. The molecule has 6 nitrogen and oxygen atoms in total. The number of hydrogen-bond donors (Lipinski definition) is 2. The van der Waals surface area contributed by atoms with Crippen LogP contribution >= 0.6 is 0 Å². The van der Waals surface area contributed by atoms with Crippen molar-refractivity contribution in [3.05, 3.63) is 70.9 Å². The molecule has 0 fully saturated rings. The summed E-state index contributed by atoms with van der Waals surface area (Å²) in [4.78, 5) is 16.9. The van der Waals surface area contributed by atoms with Crippen LogP contribution in [0.15, 0.2) is 48.7 Å². The molecule has 0 atom stereocenters. The van der Waals surface area contributed by atoms with Crippen molar-refractivity contribution in [1.29, 1.82) is 0 Å². The van der Waals surface area contributed by atoms with Crippen LogP contribution in [0.2, 0.25) is 0 Å². The lowest BCUT2D eigenvalue weighted by Crippen LogP contribution is -2.12. The van der Waals surface area contributed by atoms with E-state index in [2.05, 4.69) is 48.5 Å². The molecule has 150 valence electrons. The topological polar surface area (TPSA) is 72.5 Å². The van der Waals surface area contributed by atoms with Gasteiger partial charge in [-0.25, -0.2) is 4.98 Å². The van der Waals surface area contributed by atoms with Gasteiger partial charge in [-0.3, -0.25) is 4.79 Å². The number of pyridine rings is 1. The van der Waals surface area contributed by atoms with Gasteiger partial charge in [0.2, 0.25) is 0 Å². The van der Waals surface area contributed by atoms with Crippen LogP contribution in [0.4, 0.5) is 17.2 Å². The third kappa shape index (κ3) is 4.66. The van der Waals surface area contributed by atoms with Crippen molar-refractivity contribution in [2.75, 3.05) is 24.9 Å². The maximum atomic E-state index is 12.5. The highest BCUT2D eigenvalue weighted by molar-refractivity contribution is 6.04. The number of nitrogens with one attached hydrogen (secondary N) is 2. The van der Waals surface area contributed by atoms with E-state index in [0.717, 1.165) is 16.8 Å². The first-order chi connectivity index (χ1) is 13.9. The first-order valence-electron chi connectivity index (χ1n) is 9.25. The summed E-state index contributed by atoms with van der Waals surface area (Å²) in [6.45, 7) is 6.22. The maximum Gasteiger partial charge on any atom is 0.255 e. The smallest absolute Gasteiger partial charge is 0.255 e. The zero-order valence-electron chi connectivity index (χ0n) is 17.3. The van der Waals surface area contributed by atoms with Gasteiger partial charge in [-0.05, 0) is 62.2 Å². The zero-order valence-corrected chi connectivity index (χ0v) is 17.3. The molecule has 0 aliphatic heterocycles. The molecule has 0 unspecified atom stereocenters. The molecule has 6 heteroatoms. The van der Waals surface area contributed by atoms with Gasteiger partial charge in [-0.2, -0.15) is 0 Å². The summed E-state index contributed by atoms with van der Waals surface area (Å²) in [6, 6.07) is 12.9. The van der Waals surface area contributed by atoms with E-state index in [4.69, 9.17) is 9.47 Å². The van der Waals surface area contributed by atoms with E-state index < -0.39 is 0 Å². The minimum absolute atomic E-state index is 0.251. The molecule has 0 radical (unpaired) electrons. The van der Waals surface area contributed by atoms with Crippen LogP contribution in [0.3, 0.4) is 0 Å². The van der Waals surface area contributed by atoms with Crippen molar-refractivity contribution in [2.45, 2.75) is 20.8 Å². The highest BCUT2D eigenvalue weighted by Gasteiger charge is 2.11. The van der Waals surface area contributed by atoms with Crippen molar-refractivity contribution < 1.29 is 14.3 Å². The van der Waals surface area contributed by atoms with E-state index in [-0.39, 0.29) is 5.91 Å². The normalized spacial score (nSPS) is 10.4. The predicted octanol–water partition coefficient (Wildman–Crippen LogP) is 5.02. The van der Waals surface area contributed by atoms with E-state index in [1.54, 1.807) is 31.5 Å². The lowest BCUT2D eigenvalue weighted by atomic mass is 10.1. The predicted molar refractivity (Wildman–Crippen MR) is 116 cm³/mol. The summed E-state index contributed by atoms with van der Waals surface area (Å²) in [5, 5.41) is 6.20. The molecule has 2 aromatic carbocycles. The Morgan fingerprint density at radius 3 is 2.17 bits per heavy atom. The summed E-state index contributed by atoms with van der Waals surface area (Å²) in [7, 11) is 3.09. The molecular weight excluding hydrogens is 366 g/mol. The van der Waals surface area contributed by atoms with Crippen molar-refractivity contribution in [3.8, 4) is 11.5 Å². The second kappa shape index (κ2) is 8.65. The zero-order chi connectivity index (χ0) is 21.0. The van der Waals surface area contributed by atoms with Crippen LogP contribution in [0.1, 0.15) is 27.0 Å². The first kappa shape index (κ1) is 20.2. The lowest BCUT2D eigenvalue weighted by Gasteiger charge is -2.14. The molecule has 3 aromatic rings. The summed E-state index contributed by atoms with van der Waals surface area (Å²) in [5.41, 5.74) is 5.67. The highest BCUT2D eigenvalue weighted by Crippen LogP contribution is 2.28. The Morgan fingerprint density at radius 1 is 0.897 bits per heavy atom. The molecular formula is C23H25N3O3. The minimum atomic E-state index is -0.251. The van der Waals surface area contributed by atoms with Crippen LogP contribution in [0.5, 0.6) is 11.5 Å². The molecule has 29 heavy (non-hydrogen) atoms. The number of carbonyl (C=O) groups excluding carboxylic acids is 1. The second-order valence-electron chi connectivity index (χ2n) is 6.85. The molecule has 2 N–H and O–H groups in total. The monoisotopic (exact) mass is 391 g/mol. The largest absolute Gasteiger partial charge is 0.493 e. The Kier molecular flexibility index (Phi) is 6.02. The van der Waals surface area contributed by atoms with Crippen LogP contribution in [-0.2, 0) is 0 Å². The van der Waals surface area contributed by atoms with Gasteiger partial charge in [0.05, 0.1) is 26.1 Å². The summed E-state index contributed by atoms with van der Waals surface area (Å²) in [5.74, 6) is 1.53. The fourth-order valence-electron chi connectivity index (χ4n) is 3.23. The Hall–Kier alpha value is -3.54. The Labute approximate surface area is 170 Å². The fraction of sp³-hybridized carbons (Fsp3) is 0.217. The molecule has 1 amide bonds. The highest BCUT2D eigenvalue weighted by atomic mass is 16.5. The van der Waals surface area contributed by atoms with Gasteiger partial charge in [0.25, 0.3) is 5.91 Å². The van der Waals surface area contributed by atoms with Gasteiger partial charge in [-0.1, -0.05) is 17.7 Å². The van der Waals surface area contributed by atoms with Gasteiger partial charge in [0, 0.05) is 11.3 Å². The van der Waals surface area contributed by atoms with E-state index in [0.29, 0.717) is 28.6 Å². The Balaban J connectivity index is 1.72. The SMILES string of the molecule is COc1ccc(C(=O)Nc2ccc(Nc3c(C)cc(C)cc3C)nc2)cc1OC. The maximum absolute atomic E-state index is 12.5. The van der Waals surface area contributed by atoms with Gasteiger partial charge in [0.15, 0.2) is 11.5 Å². The number of benzene rings is 2. The van der Waals surface area contributed by atoms with Crippen molar-refractivity contribution in [2.24, 2.45) is 0 Å². The molecule has 1 aromatic heterocycles. The third-order valence-electron chi connectivity index (χ3n) is 4.60. The van der Waals surface area contributed by atoms with Crippen LogP contribution in [0, 0.1) is 20.8 Å². The molecule has 0 aliphatic carbocycles. The number of methoxy groups -OCH3 is 2. The van der Waals surface area contributed by atoms with E-state index in [9.17, 15) is 4.79 Å². The van der Waals surface area contributed by atoms with E-state index in [1.165, 1.54) is 12.7 Å². The van der Waals surface area contributed by atoms with E-state index in [1.807, 2.05) is 12.1 Å². The van der Waals surface area contributed by atoms with Crippen LogP contribution in [-0.4, -0.2) is 25.1 Å². The van der Waals surface area contributed by atoms with E-state index >= 15 is 0 Å². The Morgan fingerprint density at radius 2 is 1.59 bits per heavy atom. The number of hydrogen-bond acceptors (Lipinski definition) is 5. The number of amides is 1. The van der Waals surface area contributed by atoms with Gasteiger partial charge < -0.3 is 20.1 Å². The average Bonchev–Trinajstić information content (AvgIpc) is 2.71. The van der Waals surface area contributed by atoms with Crippen LogP contribution < -0.4 is 20.1 Å². The molecule has 1 heterocycles. The number of rotatable bonds is 6. The summed E-state index contributed by atoms with van der Waals surface area (Å²) >= 11 is 0. The van der Waals surface area contributed by atoms with Gasteiger partial charge in [0.1, 0.15) is 5.82 Å². The molecule has 0 bridgehead atoms. The number of aromatic nitrogens is 1. The lowest BCUT2D eigenvalue weighted by molar-refractivity contribution is 0.102. The quantitative estimate of drug-likeness (QED) is 0.617. The van der Waals surface area contributed by atoms with Crippen molar-refractivity contribution in [3.63, 3.8) is 0 Å². The molecule has 3 rings (SSSR count). The van der Waals surface area contributed by atoms with Crippen molar-refractivity contribution in [1.82, 2.24) is 4.98 Å². The third-order valence-corrected chi connectivity index (χ3v) is 4.60. The van der Waals surface area contributed by atoms with Gasteiger partial charge in [-0.15, -0.1) is 0 Å². The molecule has 0 spiro atoms. The minimum Gasteiger partial charge on any atom is -0.493 e. The van der Waals surface area contributed by atoms with Crippen LogP contribution in [0.25, 0.3) is 0 Å². The summed E-state index contributed by atoms with van der Waals surface area (Å²) < 4.78 is 10.5. The second-order valence-corrected chi connectivity index (χ2v) is 6.85. The Bertz CT molecular complexity index is 1010. The molecule has 0 saturated heterocycles. The number of anilines is 3. The number of carbonyl (C=O) groups is 1. The van der Waals surface area contributed by atoms with Crippen molar-refractivity contribution >= 4 is 23.1 Å². The summed E-state index contributed by atoms with van der Waals surface area (Å²) in [6.07, 6.45) is 1.62. The number of ether oxygens (including phenoxy) is 2. The van der Waals surface area contributed by atoms with Gasteiger partial charge >= 0.3 is 0 Å².